The van der Waals surface area contributed by atoms with E-state index in [9.17, 15) is 5.11 Å². The summed E-state index contributed by atoms with van der Waals surface area (Å²) in [6, 6.07) is 6.13. The van der Waals surface area contributed by atoms with Crippen molar-refractivity contribution in [2.45, 2.75) is 38.2 Å². The molecule has 0 spiro atoms. The second-order valence-electron chi connectivity index (χ2n) is 4.20. The van der Waals surface area contributed by atoms with Crippen molar-refractivity contribution in [3.63, 3.8) is 0 Å². The summed E-state index contributed by atoms with van der Waals surface area (Å²) in [7, 11) is 0. The van der Waals surface area contributed by atoms with Crippen molar-refractivity contribution in [3.8, 4) is 0 Å². The van der Waals surface area contributed by atoms with Gasteiger partial charge in [-0.25, -0.2) is 0 Å². The highest BCUT2D eigenvalue weighted by Crippen LogP contribution is 2.40. The second-order valence-corrected chi connectivity index (χ2v) is 5.11. The van der Waals surface area contributed by atoms with E-state index >= 15 is 0 Å². The Morgan fingerprint density at radius 3 is 2.50 bits per heavy atom. The Morgan fingerprint density at radius 2 is 1.93 bits per heavy atom. The first kappa shape index (κ1) is 10.2. The third-order valence-corrected chi connectivity index (χ3v) is 3.61. The lowest BCUT2D eigenvalue weighted by molar-refractivity contribution is 0.0438. The Balaban J connectivity index is 2.40. The summed E-state index contributed by atoms with van der Waals surface area (Å²) in [6.07, 6.45) is 4.11. The topological polar surface area (TPSA) is 20.2 Å². The molecule has 1 saturated carbocycles. The van der Waals surface area contributed by atoms with Crippen LogP contribution in [0.3, 0.4) is 0 Å². The van der Waals surface area contributed by atoms with E-state index in [0.29, 0.717) is 0 Å². The number of rotatable bonds is 1. The lowest BCUT2D eigenvalue weighted by Crippen LogP contribution is -2.22. The molecule has 1 aromatic carbocycles. The van der Waals surface area contributed by atoms with Crippen LogP contribution in [-0.2, 0) is 5.60 Å². The van der Waals surface area contributed by atoms with Crippen molar-refractivity contribution < 1.29 is 5.11 Å². The summed E-state index contributed by atoms with van der Waals surface area (Å²) in [4.78, 5) is 0. The van der Waals surface area contributed by atoms with E-state index < -0.39 is 5.60 Å². The average Bonchev–Trinajstić information content (AvgIpc) is 2.52. The SMILES string of the molecule is Cc1cc(Br)ccc1C1(O)CCCC1. The van der Waals surface area contributed by atoms with E-state index in [-0.39, 0.29) is 0 Å². The molecule has 0 bridgehead atoms. The Kier molecular flexibility index (Phi) is 2.67. The summed E-state index contributed by atoms with van der Waals surface area (Å²) < 4.78 is 1.08. The van der Waals surface area contributed by atoms with Crippen molar-refractivity contribution in [3.05, 3.63) is 33.8 Å². The molecule has 76 valence electrons. The monoisotopic (exact) mass is 254 g/mol. The first-order chi connectivity index (χ1) is 6.62. The van der Waals surface area contributed by atoms with Crippen LogP contribution in [0.25, 0.3) is 0 Å². The summed E-state index contributed by atoms with van der Waals surface area (Å²) in [5, 5.41) is 10.4. The average molecular weight is 255 g/mol. The zero-order valence-electron chi connectivity index (χ0n) is 8.39. The van der Waals surface area contributed by atoms with Gasteiger partial charge in [0.25, 0.3) is 0 Å². The molecular formula is C12H15BrO. The first-order valence-electron chi connectivity index (χ1n) is 5.11. The molecule has 1 aliphatic rings. The number of hydrogen-bond donors (Lipinski definition) is 1. The third-order valence-electron chi connectivity index (χ3n) is 3.12. The van der Waals surface area contributed by atoms with Gasteiger partial charge >= 0.3 is 0 Å². The van der Waals surface area contributed by atoms with Gasteiger partial charge in [-0.15, -0.1) is 0 Å². The van der Waals surface area contributed by atoms with Crippen LogP contribution in [0.2, 0.25) is 0 Å². The summed E-state index contributed by atoms with van der Waals surface area (Å²) >= 11 is 3.44. The van der Waals surface area contributed by atoms with Gasteiger partial charge in [-0.3, -0.25) is 0 Å². The van der Waals surface area contributed by atoms with Gasteiger partial charge < -0.3 is 5.11 Å². The van der Waals surface area contributed by atoms with Crippen LogP contribution in [-0.4, -0.2) is 5.11 Å². The summed E-state index contributed by atoms with van der Waals surface area (Å²) in [5.41, 5.74) is 1.74. The molecule has 0 radical (unpaired) electrons. The zero-order valence-corrected chi connectivity index (χ0v) is 9.97. The van der Waals surface area contributed by atoms with E-state index in [1.165, 1.54) is 5.56 Å². The van der Waals surface area contributed by atoms with Gasteiger partial charge in [0.15, 0.2) is 0 Å². The van der Waals surface area contributed by atoms with Gasteiger partial charge in [0.05, 0.1) is 5.60 Å². The second kappa shape index (κ2) is 3.67. The molecule has 0 atom stereocenters. The fourth-order valence-electron chi connectivity index (χ4n) is 2.38. The van der Waals surface area contributed by atoms with Crippen LogP contribution in [0, 0.1) is 6.92 Å². The molecule has 0 aliphatic heterocycles. The number of benzene rings is 1. The molecule has 14 heavy (non-hydrogen) atoms. The molecule has 1 nitrogen and oxygen atoms in total. The van der Waals surface area contributed by atoms with Gasteiger partial charge in [0, 0.05) is 4.47 Å². The molecule has 0 amide bonds. The van der Waals surface area contributed by atoms with Crippen molar-refractivity contribution in [2.24, 2.45) is 0 Å². The molecule has 2 heteroatoms. The van der Waals surface area contributed by atoms with Crippen LogP contribution in [0.15, 0.2) is 22.7 Å². The van der Waals surface area contributed by atoms with Crippen LogP contribution in [0.5, 0.6) is 0 Å². The van der Waals surface area contributed by atoms with E-state index in [1.54, 1.807) is 0 Å². The zero-order chi connectivity index (χ0) is 10.2. The molecule has 2 rings (SSSR count). The first-order valence-corrected chi connectivity index (χ1v) is 5.90. The molecule has 1 aromatic rings. The summed E-state index contributed by atoms with van der Waals surface area (Å²) in [5.74, 6) is 0. The number of aliphatic hydroxyl groups is 1. The maximum Gasteiger partial charge on any atom is 0.0899 e. The van der Waals surface area contributed by atoms with E-state index in [2.05, 4.69) is 28.9 Å². The molecule has 0 heterocycles. The highest BCUT2D eigenvalue weighted by molar-refractivity contribution is 9.10. The Labute approximate surface area is 93.3 Å². The number of hydrogen-bond acceptors (Lipinski definition) is 1. The molecule has 1 fully saturated rings. The van der Waals surface area contributed by atoms with Gasteiger partial charge in [0.1, 0.15) is 0 Å². The number of halogens is 1. The largest absolute Gasteiger partial charge is 0.385 e. The van der Waals surface area contributed by atoms with E-state index in [0.717, 1.165) is 35.7 Å². The predicted octanol–water partition coefficient (Wildman–Crippen LogP) is 3.52. The van der Waals surface area contributed by atoms with Gasteiger partial charge in [-0.1, -0.05) is 34.8 Å². The Morgan fingerprint density at radius 1 is 1.29 bits per heavy atom. The van der Waals surface area contributed by atoms with Crippen molar-refractivity contribution in [1.82, 2.24) is 0 Å². The van der Waals surface area contributed by atoms with Gasteiger partial charge in [-0.05, 0) is 43.0 Å². The standard InChI is InChI=1S/C12H15BrO/c1-9-8-10(13)4-5-11(9)12(14)6-2-3-7-12/h4-5,8,14H,2-3,6-7H2,1H3. The normalized spacial score (nSPS) is 19.9. The van der Waals surface area contributed by atoms with Crippen molar-refractivity contribution >= 4 is 15.9 Å². The third kappa shape index (κ3) is 1.73. The molecular weight excluding hydrogens is 240 g/mol. The lowest BCUT2D eigenvalue weighted by atomic mass is 9.89. The van der Waals surface area contributed by atoms with E-state index in [4.69, 9.17) is 0 Å². The minimum atomic E-state index is -0.551. The van der Waals surface area contributed by atoms with Crippen LogP contribution < -0.4 is 0 Å². The molecule has 1 aliphatic carbocycles. The lowest BCUT2D eigenvalue weighted by Gasteiger charge is -2.24. The van der Waals surface area contributed by atoms with Crippen LogP contribution in [0.1, 0.15) is 36.8 Å². The highest BCUT2D eigenvalue weighted by Gasteiger charge is 2.33. The maximum absolute atomic E-state index is 10.4. The Bertz CT molecular complexity index is 340. The molecule has 1 N–H and O–H groups in total. The predicted molar refractivity (Wildman–Crippen MR) is 61.2 cm³/mol. The van der Waals surface area contributed by atoms with Crippen LogP contribution >= 0.6 is 15.9 Å². The van der Waals surface area contributed by atoms with Crippen LogP contribution in [0.4, 0.5) is 0 Å². The quantitative estimate of drug-likeness (QED) is 0.814. The Hall–Kier alpha value is -0.340. The summed E-state index contributed by atoms with van der Waals surface area (Å²) in [6.45, 7) is 2.07. The molecule has 0 saturated heterocycles. The number of aryl methyl sites for hydroxylation is 1. The van der Waals surface area contributed by atoms with Gasteiger partial charge in [-0.2, -0.15) is 0 Å². The maximum atomic E-state index is 10.4. The fraction of sp³-hybridized carbons (Fsp3) is 0.500. The highest BCUT2D eigenvalue weighted by atomic mass is 79.9. The minimum absolute atomic E-state index is 0.551. The van der Waals surface area contributed by atoms with E-state index in [1.807, 2.05) is 12.1 Å². The van der Waals surface area contributed by atoms with Crippen molar-refractivity contribution in [1.29, 1.82) is 0 Å². The van der Waals surface area contributed by atoms with Gasteiger partial charge in [0.2, 0.25) is 0 Å². The fourth-order valence-corrected chi connectivity index (χ4v) is 2.85. The molecule has 0 unspecified atom stereocenters. The smallest absolute Gasteiger partial charge is 0.0899 e. The van der Waals surface area contributed by atoms with Crippen molar-refractivity contribution in [2.75, 3.05) is 0 Å². The minimum Gasteiger partial charge on any atom is -0.385 e. The molecule has 0 aromatic heterocycles.